The van der Waals surface area contributed by atoms with Crippen LogP contribution in [0, 0.1) is 0 Å². The molecule has 4 atom stereocenters. The Morgan fingerprint density at radius 1 is 0.803 bits per heavy atom. The van der Waals surface area contributed by atoms with Gasteiger partial charge in [0.05, 0.1) is 39.0 Å². The quantitative estimate of drug-likeness (QED) is 0.152. The molecule has 4 aromatic carbocycles. The largest absolute Gasteiger partial charge is 0.489 e. The molecule has 3 aromatic heterocycles. The number of imide groups is 2. The van der Waals surface area contributed by atoms with Crippen molar-refractivity contribution >= 4 is 63.9 Å². The number of H-pyrrole nitrogens is 2. The summed E-state index contributed by atoms with van der Waals surface area (Å²) >= 11 is 0. The Morgan fingerprint density at radius 3 is 2.41 bits per heavy atom. The van der Waals surface area contributed by atoms with Crippen LogP contribution >= 0.6 is 0 Å². The molecule has 1 aliphatic carbocycles. The molecule has 11 rings (SSSR count). The number of carbonyl (C=O) groups excluding carboxylic acids is 4. The number of nitrogens with one attached hydrogen (secondary N) is 3. The molecular weight excluding hydrogens is 792 g/mol. The molecule has 4 aliphatic rings. The Hall–Kier alpha value is -7.56. The van der Waals surface area contributed by atoms with Crippen molar-refractivity contribution < 1.29 is 41.8 Å². The van der Waals surface area contributed by atoms with Gasteiger partial charge in [0, 0.05) is 29.7 Å². The molecule has 17 heteroatoms. The number of alkyl halides is 3. The fourth-order valence-electron chi connectivity index (χ4n) is 8.77. The maximum absolute atomic E-state index is 13.3. The van der Waals surface area contributed by atoms with Gasteiger partial charge in [0.2, 0.25) is 11.8 Å². The smallest absolute Gasteiger partial charge is 0.416 e. The maximum atomic E-state index is 13.3. The molecule has 300 valence electrons. The van der Waals surface area contributed by atoms with Gasteiger partial charge in [0.15, 0.2) is 7.28 Å². The number of halogens is 3. The third kappa shape index (κ3) is 6.06. The van der Waals surface area contributed by atoms with Crippen LogP contribution in [-0.4, -0.2) is 67.9 Å². The Labute approximate surface area is 342 Å². The van der Waals surface area contributed by atoms with E-state index in [1.807, 2.05) is 36.4 Å². The second-order valence-electron chi connectivity index (χ2n) is 15.6. The maximum Gasteiger partial charge on any atom is 0.416 e. The summed E-state index contributed by atoms with van der Waals surface area (Å²) in [6, 6.07) is 23.6. The molecule has 1 saturated heterocycles. The van der Waals surface area contributed by atoms with E-state index in [0.717, 1.165) is 33.5 Å². The van der Waals surface area contributed by atoms with Gasteiger partial charge in [0.1, 0.15) is 40.9 Å². The fourth-order valence-corrected chi connectivity index (χ4v) is 8.77. The molecule has 0 bridgehead atoms. The molecule has 3 N–H and O–H groups in total. The summed E-state index contributed by atoms with van der Waals surface area (Å²) < 4.78 is 52.5. The predicted molar refractivity (Wildman–Crippen MR) is 215 cm³/mol. The van der Waals surface area contributed by atoms with Gasteiger partial charge in [-0.05, 0) is 66.6 Å². The van der Waals surface area contributed by atoms with Gasteiger partial charge in [-0.15, -0.1) is 0 Å². The number of aromatic nitrogens is 4. The van der Waals surface area contributed by atoms with Crippen molar-refractivity contribution in [1.82, 2.24) is 30.2 Å². The predicted octanol–water partition coefficient (Wildman–Crippen LogP) is 4.71. The lowest BCUT2D eigenvalue weighted by Gasteiger charge is -2.27. The van der Waals surface area contributed by atoms with Crippen LogP contribution < -0.4 is 31.3 Å². The summed E-state index contributed by atoms with van der Waals surface area (Å²) in [5.74, 6) is -0.271. The van der Waals surface area contributed by atoms with Gasteiger partial charge in [-0.2, -0.15) is 13.2 Å². The number of piperidine rings is 1. The minimum absolute atomic E-state index is 0.0354. The first-order valence-electron chi connectivity index (χ1n) is 19.4. The number of fused-ring (bicyclic) bond motifs is 6. The van der Waals surface area contributed by atoms with E-state index < -0.39 is 41.4 Å². The standard InChI is InChI=1S/C44H28BF3N6O7/c46-44(47,48)20-3-9-29-30(15-20)51-39(50-29)36-35-27-17-23(7-11-32(27)61-37(35)36)60-33-13-14-49-38-28(33)18-25(40(56)53-38)19-1-4-21(5-2-19)45-22-6-8-24-26(16-22)43(59)54(42(24)58)31-10-12-34(55)52-41(31)57/h1-9,11,13-18,31,35-37,45H,10,12H2,(H,50,51)(H,49,53,56)(H,52,55,57)/t31?,35-,36-,37-/m1/s1. The first kappa shape index (κ1) is 36.5. The number of rotatable bonds is 7. The zero-order valence-electron chi connectivity index (χ0n) is 31.5. The lowest BCUT2D eigenvalue weighted by Crippen LogP contribution is -2.54. The SMILES string of the molecule is O=C1CCC(N2C(=O)c3ccc(Bc4ccc(-c5cc6c(Oc7ccc8c(c7)[C@H]7[C@@H](O8)[C@@H]7c7nc8ccc(C(F)(F)F)cc8[nH]7)ccnc6[nH]c5=O)cc4)cc3C2=O)C(=O)N1. The molecule has 0 radical (unpaired) electrons. The third-order valence-electron chi connectivity index (χ3n) is 11.8. The summed E-state index contributed by atoms with van der Waals surface area (Å²) in [5.41, 5.74) is 3.92. The molecular formula is C44H28BF3N6O7. The number of hydrogen-bond acceptors (Lipinski definition) is 9. The summed E-state index contributed by atoms with van der Waals surface area (Å²) in [7, 11) is 0.415. The zero-order chi connectivity index (χ0) is 41.9. The van der Waals surface area contributed by atoms with Crippen molar-refractivity contribution in [3.8, 4) is 28.4 Å². The second-order valence-corrected chi connectivity index (χ2v) is 15.6. The van der Waals surface area contributed by atoms with Crippen molar-refractivity contribution in [3.63, 3.8) is 0 Å². The van der Waals surface area contributed by atoms with Gasteiger partial charge < -0.3 is 19.4 Å². The molecule has 6 heterocycles. The third-order valence-corrected chi connectivity index (χ3v) is 11.8. The molecule has 7 aromatic rings. The highest BCUT2D eigenvalue weighted by Gasteiger charge is 2.61. The van der Waals surface area contributed by atoms with Crippen molar-refractivity contribution in [2.45, 2.75) is 43.0 Å². The molecule has 13 nitrogen and oxygen atoms in total. The van der Waals surface area contributed by atoms with E-state index in [2.05, 4.69) is 25.3 Å². The number of imidazole rings is 1. The van der Waals surface area contributed by atoms with Crippen LogP contribution in [0.2, 0.25) is 0 Å². The summed E-state index contributed by atoms with van der Waals surface area (Å²) in [5, 5.41) is 2.76. The van der Waals surface area contributed by atoms with Crippen molar-refractivity contribution in [3.05, 3.63) is 136 Å². The first-order valence-corrected chi connectivity index (χ1v) is 19.4. The van der Waals surface area contributed by atoms with Crippen LogP contribution in [0.5, 0.6) is 17.2 Å². The number of benzene rings is 4. The summed E-state index contributed by atoms with van der Waals surface area (Å²) in [6.45, 7) is 0. The Bertz CT molecular complexity index is 3150. The Balaban J connectivity index is 0.812. The number of nitrogens with zero attached hydrogens (tertiary/aromatic N) is 3. The average Bonchev–Trinajstić information content (AvgIpc) is 3.45. The van der Waals surface area contributed by atoms with Crippen LogP contribution in [0.25, 0.3) is 33.2 Å². The van der Waals surface area contributed by atoms with Crippen molar-refractivity contribution in [2.24, 2.45) is 0 Å². The van der Waals surface area contributed by atoms with E-state index in [-0.39, 0.29) is 47.5 Å². The molecule has 2 fully saturated rings. The molecule has 1 saturated carbocycles. The Morgan fingerprint density at radius 2 is 1.61 bits per heavy atom. The Kier molecular flexibility index (Phi) is 7.92. The molecule has 61 heavy (non-hydrogen) atoms. The molecule has 0 spiro atoms. The molecule has 4 amide bonds. The highest BCUT2D eigenvalue weighted by atomic mass is 19.4. The van der Waals surface area contributed by atoms with Gasteiger partial charge >= 0.3 is 6.18 Å². The lowest BCUT2D eigenvalue weighted by molar-refractivity contribution is -0.138. The van der Waals surface area contributed by atoms with E-state index in [9.17, 15) is 37.1 Å². The first-order chi connectivity index (χ1) is 29.4. The number of amides is 4. The number of ether oxygens (including phenoxy) is 2. The minimum atomic E-state index is -4.46. The molecule has 3 aliphatic heterocycles. The number of hydrogen-bond donors (Lipinski definition) is 3. The number of aromatic amines is 2. The van der Waals surface area contributed by atoms with Gasteiger partial charge in [-0.1, -0.05) is 47.3 Å². The fraction of sp³-hybridized carbons (Fsp3) is 0.159. The lowest BCUT2D eigenvalue weighted by atomic mass is 9.63. The van der Waals surface area contributed by atoms with Crippen LogP contribution in [-0.2, 0) is 15.8 Å². The number of pyridine rings is 2. The average molecular weight is 821 g/mol. The van der Waals surface area contributed by atoms with E-state index in [1.54, 1.807) is 36.4 Å². The highest BCUT2D eigenvalue weighted by Crippen LogP contribution is 2.63. The zero-order valence-corrected chi connectivity index (χ0v) is 31.5. The normalized spacial score (nSPS) is 20.3. The number of carbonyl (C=O) groups is 4. The van der Waals surface area contributed by atoms with Crippen LogP contribution in [0.4, 0.5) is 13.2 Å². The van der Waals surface area contributed by atoms with Gasteiger partial charge in [-0.3, -0.25) is 34.2 Å². The van der Waals surface area contributed by atoms with Gasteiger partial charge in [-0.25, -0.2) is 9.97 Å². The van der Waals surface area contributed by atoms with E-state index in [0.29, 0.717) is 63.5 Å². The van der Waals surface area contributed by atoms with Gasteiger partial charge in [0.25, 0.3) is 17.4 Å². The monoisotopic (exact) mass is 820 g/mol. The van der Waals surface area contributed by atoms with Crippen molar-refractivity contribution in [1.29, 1.82) is 0 Å². The van der Waals surface area contributed by atoms with E-state index in [1.165, 1.54) is 12.3 Å². The summed E-state index contributed by atoms with van der Waals surface area (Å²) in [4.78, 5) is 79.7. The van der Waals surface area contributed by atoms with Crippen LogP contribution in [0.1, 0.15) is 62.3 Å². The minimum Gasteiger partial charge on any atom is -0.489 e. The molecule has 1 unspecified atom stereocenters. The van der Waals surface area contributed by atoms with Crippen molar-refractivity contribution in [2.75, 3.05) is 0 Å². The summed E-state index contributed by atoms with van der Waals surface area (Å²) in [6.07, 6.45) is -3.04. The van der Waals surface area contributed by atoms with E-state index in [4.69, 9.17) is 9.47 Å². The highest BCUT2D eigenvalue weighted by molar-refractivity contribution is 6.67. The second kappa shape index (κ2) is 13.2. The van der Waals surface area contributed by atoms with Crippen LogP contribution in [0.3, 0.4) is 0 Å². The van der Waals surface area contributed by atoms with Crippen LogP contribution in [0.15, 0.2) is 102 Å². The topological polar surface area (TPSA) is 176 Å². The van der Waals surface area contributed by atoms with E-state index >= 15 is 0 Å².